The van der Waals surface area contributed by atoms with Gasteiger partial charge in [0.25, 0.3) is 0 Å². The molecule has 0 aromatic carbocycles. The van der Waals surface area contributed by atoms with E-state index in [0.717, 1.165) is 12.8 Å². The smallest absolute Gasteiger partial charge is 0.0521 e. The highest BCUT2D eigenvalue weighted by molar-refractivity contribution is 5.03. The Balaban J connectivity index is 2.30. The van der Waals surface area contributed by atoms with Crippen molar-refractivity contribution in [2.45, 2.75) is 45.6 Å². The molecule has 2 atom stereocenters. The van der Waals surface area contributed by atoms with Gasteiger partial charge in [0.2, 0.25) is 0 Å². The Kier molecular flexibility index (Phi) is 4.82. The maximum atomic E-state index is 6.13. The summed E-state index contributed by atoms with van der Waals surface area (Å²) in [6, 6.07) is 0.324. The molecule has 0 amide bonds. The summed E-state index contributed by atoms with van der Waals surface area (Å²) < 4.78 is 1.84. The summed E-state index contributed by atoms with van der Waals surface area (Å²) in [5.41, 5.74) is 7.42. The Hall–Kier alpha value is -0.830. The zero-order chi connectivity index (χ0) is 11.3. The van der Waals surface area contributed by atoms with Gasteiger partial charge in [-0.3, -0.25) is 4.68 Å². The van der Waals surface area contributed by atoms with Gasteiger partial charge in [-0.15, -0.1) is 0 Å². The van der Waals surface area contributed by atoms with E-state index in [1.165, 1.54) is 18.4 Å². The van der Waals surface area contributed by atoms with Crippen LogP contribution < -0.4 is 5.73 Å². The summed E-state index contributed by atoms with van der Waals surface area (Å²) in [4.78, 5) is 0. The zero-order valence-electron chi connectivity index (χ0n) is 10.1. The van der Waals surface area contributed by atoms with Gasteiger partial charge in [-0.2, -0.15) is 5.10 Å². The van der Waals surface area contributed by atoms with Crippen molar-refractivity contribution >= 4 is 0 Å². The summed E-state index contributed by atoms with van der Waals surface area (Å²) in [6.45, 7) is 4.46. The van der Waals surface area contributed by atoms with Crippen molar-refractivity contribution in [3.63, 3.8) is 0 Å². The number of rotatable bonds is 6. The first-order valence-electron chi connectivity index (χ1n) is 5.86. The second-order valence-corrected chi connectivity index (χ2v) is 4.49. The first-order valence-corrected chi connectivity index (χ1v) is 5.86. The molecule has 0 saturated carbocycles. The molecular weight excluding hydrogens is 186 g/mol. The third-order valence-electron chi connectivity index (χ3n) is 3.00. The van der Waals surface area contributed by atoms with Gasteiger partial charge in [0.15, 0.2) is 0 Å². The fraction of sp³-hybridized carbons (Fsp3) is 0.750. The predicted octanol–water partition coefficient (Wildman–Crippen LogP) is 2.12. The summed E-state index contributed by atoms with van der Waals surface area (Å²) >= 11 is 0. The van der Waals surface area contributed by atoms with E-state index in [1.807, 2.05) is 17.9 Å². The van der Waals surface area contributed by atoms with Gasteiger partial charge in [0.05, 0.1) is 6.20 Å². The summed E-state index contributed by atoms with van der Waals surface area (Å²) in [5, 5.41) is 4.15. The molecule has 86 valence electrons. The van der Waals surface area contributed by atoms with Gasteiger partial charge in [-0.25, -0.2) is 0 Å². The molecule has 1 rings (SSSR count). The SMILES string of the molecule is CCCC(C)C(N)CCc1cnn(C)c1. The van der Waals surface area contributed by atoms with Crippen LogP contribution in [0.4, 0.5) is 0 Å². The molecule has 1 aromatic rings. The molecule has 1 aromatic heterocycles. The van der Waals surface area contributed by atoms with Crippen LogP contribution in [0, 0.1) is 5.92 Å². The van der Waals surface area contributed by atoms with E-state index in [4.69, 9.17) is 5.73 Å². The van der Waals surface area contributed by atoms with Gasteiger partial charge in [-0.1, -0.05) is 20.3 Å². The molecule has 2 N–H and O–H groups in total. The molecule has 3 nitrogen and oxygen atoms in total. The summed E-state index contributed by atoms with van der Waals surface area (Å²) in [6.07, 6.45) is 8.56. The van der Waals surface area contributed by atoms with Crippen LogP contribution in [0.5, 0.6) is 0 Å². The number of nitrogens with two attached hydrogens (primary N) is 1. The van der Waals surface area contributed by atoms with Crippen molar-refractivity contribution in [3.05, 3.63) is 18.0 Å². The van der Waals surface area contributed by atoms with E-state index >= 15 is 0 Å². The van der Waals surface area contributed by atoms with Gasteiger partial charge >= 0.3 is 0 Å². The van der Waals surface area contributed by atoms with Crippen LogP contribution in [0.15, 0.2) is 12.4 Å². The van der Waals surface area contributed by atoms with Gasteiger partial charge in [0, 0.05) is 19.3 Å². The van der Waals surface area contributed by atoms with Crippen LogP contribution in [0.1, 0.15) is 38.7 Å². The maximum Gasteiger partial charge on any atom is 0.0521 e. The average Bonchev–Trinajstić information content (AvgIpc) is 2.61. The Morgan fingerprint density at radius 1 is 1.47 bits per heavy atom. The molecule has 15 heavy (non-hydrogen) atoms. The number of aromatic nitrogens is 2. The fourth-order valence-electron chi connectivity index (χ4n) is 1.89. The van der Waals surface area contributed by atoms with Crippen molar-refractivity contribution in [1.29, 1.82) is 0 Å². The predicted molar refractivity (Wildman–Crippen MR) is 63.6 cm³/mol. The molecule has 0 aliphatic rings. The third-order valence-corrected chi connectivity index (χ3v) is 3.00. The fourth-order valence-corrected chi connectivity index (χ4v) is 1.89. The lowest BCUT2D eigenvalue weighted by Crippen LogP contribution is -2.28. The number of nitrogens with zero attached hydrogens (tertiary/aromatic N) is 2. The van der Waals surface area contributed by atoms with Crippen molar-refractivity contribution in [2.24, 2.45) is 18.7 Å². The summed E-state index contributed by atoms with van der Waals surface area (Å²) in [7, 11) is 1.95. The van der Waals surface area contributed by atoms with E-state index in [0.29, 0.717) is 12.0 Å². The molecule has 0 spiro atoms. The van der Waals surface area contributed by atoms with Crippen LogP contribution in [0.2, 0.25) is 0 Å². The summed E-state index contributed by atoms with van der Waals surface area (Å²) in [5.74, 6) is 0.631. The standard InChI is InChI=1S/C12H23N3/c1-4-5-10(2)12(13)7-6-11-8-14-15(3)9-11/h8-10,12H,4-7,13H2,1-3H3. The van der Waals surface area contributed by atoms with Crippen LogP contribution in [0.25, 0.3) is 0 Å². The second-order valence-electron chi connectivity index (χ2n) is 4.49. The molecule has 0 saturated heterocycles. The average molecular weight is 209 g/mol. The van der Waals surface area contributed by atoms with Crippen LogP contribution in [-0.4, -0.2) is 15.8 Å². The van der Waals surface area contributed by atoms with E-state index < -0.39 is 0 Å². The number of hydrogen-bond acceptors (Lipinski definition) is 2. The molecular formula is C12H23N3. The van der Waals surface area contributed by atoms with Gasteiger partial charge in [-0.05, 0) is 30.7 Å². The first-order chi connectivity index (χ1) is 7.13. The Morgan fingerprint density at radius 2 is 2.20 bits per heavy atom. The van der Waals surface area contributed by atoms with Crippen molar-refractivity contribution < 1.29 is 0 Å². The first kappa shape index (κ1) is 12.2. The molecule has 0 aliphatic heterocycles. The normalized spacial score (nSPS) is 15.2. The lowest BCUT2D eigenvalue weighted by Gasteiger charge is -2.18. The van der Waals surface area contributed by atoms with E-state index in [1.54, 1.807) is 0 Å². The molecule has 0 radical (unpaired) electrons. The Morgan fingerprint density at radius 3 is 2.73 bits per heavy atom. The molecule has 0 aliphatic carbocycles. The van der Waals surface area contributed by atoms with Crippen molar-refractivity contribution in [3.8, 4) is 0 Å². The molecule has 0 bridgehead atoms. The van der Waals surface area contributed by atoms with E-state index in [-0.39, 0.29) is 0 Å². The van der Waals surface area contributed by atoms with Crippen LogP contribution >= 0.6 is 0 Å². The molecule has 0 fully saturated rings. The highest BCUT2D eigenvalue weighted by atomic mass is 15.2. The lowest BCUT2D eigenvalue weighted by molar-refractivity contribution is 0.402. The minimum Gasteiger partial charge on any atom is -0.327 e. The minimum absolute atomic E-state index is 0.324. The molecule has 2 unspecified atom stereocenters. The van der Waals surface area contributed by atoms with Gasteiger partial charge < -0.3 is 5.73 Å². The highest BCUT2D eigenvalue weighted by Crippen LogP contribution is 2.13. The Labute approximate surface area is 92.7 Å². The van der Waals surface area contributed by atoms with E-state index in [9.17, 15) is 0 Å². The van der Waals surface area contributed by atoms with Crippen LogP contribution in [-0.2, 0) is 13.5 Å². The molecule has 3 heteroatoms. The topological polar surface area (TPSA) is 43.8 Å². The van der Waals surface area contributed by atoms with Crippen molar-refractivity contribution in [1.82, 2.24) is 9.78 Å². The van der Waals surface area contributed by atoms with Crippen LogP contribution in [0.3, 0.4) is 0 Å². The number of hydrogen-bond donors (Lipinski definition) is 1. The van der Waals surface area contributed by atoms with Gasteiger partial charge in [0.1, 0.15) is 0 Å². The third kappa shape index (κ3) is 4.04. The maximum absolute atomic E-state index is 6.13. The monoisotopic (exact) mass is 209 g/mol. The quantitative estimate of drug-likeness (QED) is 0.780. The minimum atomic E-state index is 0.324. The number of aryl methyl sites for hydroxylation is 2. The van der Waals surface area contributed by atoms with Crippen molar-refractivity contribution in [2.75, 3.05) is 0 Å². The Bertz CT molecular complexity index is 280. The lowest BCUT2D eigenvalue weighted by atomic mass is 9.93. The zero-order valence-corrected chi connectivity index (χ0v) is 10.1. The highest BCUT2D eigenvalue weighted by Gasteiger charge is 2.11. The molecule has 1 heterocycles. The second kappa shape index (κ2) is 5.91. The largest absolute Gasteiger partial charge is 0.327 e. The van der Waals surface area contributed by atoms with E-state index in [2.05, 4.69) is 25.1 Å².